The van der Waals surface area contributed by atoms with E-state index < -0.39 is 0 Å². The third kappa shape index (κ3) is 2.15. The molecule has 0 amide bonds. The maximum absolute atomic E-state index is 3.73. The molecule has 0 unspecified atom stereocenters. The number of aromatic nitrogens is 1. The average molecular weight is 350 g/mol. The van der Waals surface area contributed by atoms with Crippen LogP contribution in [0.25, 0.3) is 21.8 Å². The van der Waals surface area contributed by atoms with Crippen molar-refractivity contribution in [2.45, 2.75) is 13.5 Å². The van der Waals surface area contributed by atoms with Gasteiger partial charge in [0.25, 0.3) is 0 Å². The van der Waals surface area contributed by atoms with E-state index in [1.54, 1.807) is 0 Å². The Hall–Kier alpha value is -2.06. The van der Waals surface area contributed by atoms with Crippen LogP contribution in [0.4, 0.5) is 0 Å². The first-order valence-electron chi connectivity index (χ1n) is 7.45. The Kier molecular flexibility index (Phi) is 3.27. The molecule has 0 aliphatic heterocycles. The first-order valence-corrected chi connectivity index (χ1v) is 8.24. The van der Waals surface area contributed by atoms with Crippen LogP contribution in [0, 0.1) is 6.92 Å². The van der Waals surface area contributed by atoms with Crippen molar-refractivity contribution in [3.05, 3.63) is 82.3 Å². The number of fused-ring (bicyclic) bond motifs is 3. The Morgan fingerprint density at radius 3 is 2.36 bits per heavy atom. The van der Waals surface area contributed by atoms with Crippen molar-refractivity contribution in [3.8, 4) is 0 Å². The lowest BCUT2D eigenvalue weighted by Crippen LogP contribution is -1.99. The van der Waals surface area contributed by atoms with Crippen molar-refractivity contribution >= 4 is 37.7 Å². The van der Waals surface area contributed by atoms with E-state index in [1.165, 1.54) is 32.9 Å². The lowest BCUT2D eigenvalue weighted by molar-refractivity contribution is 0.867. The summed E-state index contributed by atoms with van der Waals surface area (Å²) in [6.07, 6.45) is 0. The Morgan fingerprint density at radius 2 is 1.55 bits per heavy atom. The standard InChI is InChI=1S/C20H16BrN/c1-14-9-11-15(12-10-14)13-22-19-8-3-2-5-16(19)17-6-4-7-18(21)20(17)22/h2-12H,13H2,1H3. The first-order chi connectivity index (χ1) is 10.7. The smallest absolute Gasteiger partial charge is 0.0638 e. The Morgan fingerprint density at radius 1 is 0.818 bits per heavy atom. The van der Waals surface area contributed by atoms with E-state index in [4.69, 9.17) is 0 Å². The molecule has 0 aliphatic carbocycles. The summed E-state index contributed by atoms with van der Waals surface area (Å²) in [5.41, 5.74) is 5.17. The summed E-state index contributed by atoms with van der Waals surface area (Å²) in [4.78, 5) is 0. The summed E-state index contributed by atoms with van der Waals surface area (Å²) in [5, 5.41) is 2.61. The highest BCUT2D eigenvalue weighted by atomic mass is 79.9. The van der Waals surface area contributed by atoms with Gasteiger partial charge in [-0.2, -0.15) is 0 Å². The molecule has 0 saturated heterocycles. The van der Waals surface area contributed by atoms with Crippen molar-refractivity contribution in [1.29, 1.82) is 0 Å². The minimum Gasteiger partial charge on any atom is -0.335 e. The SMILES string of the molecule is Cc1ccc(Cn2c3ccccc3c3cccc(Br)c32)cc1. The molecule has 1 nitrogen and oxygen atoms in total. The number of hydrogen-bond acceptors (Lipinski definition) is 0. The molecular weight excluding hydrogens is 334 g/mol. The second kappa shape index (κ2) is 5.29. The van der Waals surface area contributed by atoms with E-state index >= 15 is 0 Å². The van der Waals surface area contributed by atoms with Crippen LogP contribution in [0.1, 0.15) is 11.1 Å². The molecule has 3 aromatic carbocycles. The van der Waals surface area contributed by atoms with Gasteiger partial charge in [-0.05, 0) is 40.5 Å². The summed E-state index contributed by atoms with van der Waals surface area (Å²) >= 11 is 3.73. The highest BCUT2D eigenvalue weighted by molar-refractivity contribution is 9.10. The van der Waals surface area contributed by atoms with E-state index in [1.807, 2.05) is 0 Å². The predicted molar refractivity (Wildman–Crippen MR) is 97.4 cm³/mol. The van der Waals surface area contributed by atoms with Crippen LogP contribution >= 0.6 is 15.9 Å². The number of rotatable bonds is 2. The van der Waals surface area contributed by atoms with E-state index in [2.05, 4.69) is 94.2 Å². The van der Waals surface area contributed by atoms with Gasteiger partial charge < -0.3 is 4.57 Å². The van der Waals surface area contributed by atoms with Crippen molar-refractivity contribution < 1.29 is 0 Å². The average Bonchev–Trinajstić information content (AvgIpc) is 2.86. The second-order valence-electron chi connectivity index (χ2n) is 5.72. The van der Waals surface area contributed by atoms with E-state index in [-0.39, 0.29) is 0 Å². The fourth-order valence-corrected chi connectivity index (χ4v) is 3.68. The van der Waals surface area contributed by atoms with Crippen molar-refractivity contribution in [2.75, 3.05) is 0 Å². The largest absolute Gasteiger partial charge is 0.335 e. The molecule has 4 rings (SSSR count). The zero-order valence-electron chi connectivity index (χ0n) is 12.4. The molecule has 22 heavy (non-hydrogen) atoms. The van der Waals surface area contributed by atoms with E-state index in [0.29, 0.717) is 0 Å². The van der Waals surface area contributed by atoms with Gasteiger partial charge >= 0.3 is 0 Å². The highest BCUT2D eigenvalue weighted by Gasteiger charge is 2.12. The van der Waals surface area contributed by atoms with Crippen LogP contribution in [0.3, 0.4) is 0 Å². The van der Waals surface area contributed by atoms with Crippen molar-refractivity contribution in [2.24, 2.45) is 0 Å². The molecule has 0 aliphatic rings. The topological polar surface area (TPSA) is 4.93 Å². The van der Waals surface area contributed by atoms with Crippen LogP contribution in [0.5, 0.6) is 0 Å². The van der Waals surface area contributed by atoms with Gasteiger partial charge in [0.05, 0.1) is 5.52 Å². The van der Waals surface area contributed by atoms with E-state index in [9.17, 15) is 0 Å². The third-order valence-electron chi connectivity index (χ3n) is 4.20. The second-order valence-corrected chi connectivity index (χ2v) is 6.58. The molecule has 2 heteroatoms. The van der Waals surface area contributed by atoms with Gasteiger partial charge in [0.15, 0.2) is 0 Å². The van der Waals surface area contributed by atoms with Gasteiger partial charge in [0, 0.05) is 27.3 Å². The summed E-state index contributed by atoms with van der Waals surface area (Å²) in [6, 6.07) is 23.8. The minimum absolute atomic E-state index is 0.882. The molecule has 0 spiro atoms. The lowest BCUT2D eigenvalue weighted by Gasteiger charge is -2.09. The minimum atomic E-state index is 0.882. The third-order valence-corrected chi connectivity index (χ3v) is 4.84. The van der Waals surface area contributed by atoms with Crippen LogP contribution in [0.2, 0.25) is 0 Å². The van der Waals surface area contributed by atoms with Crippen LogP contribution in [-0.4, -0.2) is 4.57 Å². The number of benzene rings is 3. The normalized spacial score (nSPS) is 11.4. The van der Waals surface area contributed by atoms with Crippen molar-refractivity contribution in [3.63, 3.8) is 0 Å². The molecule has 0 fully saturated rings. The molecule has 108 valence electrons. The number of nitrogens with zero attached hydrogens (tertiary/aromatic N) is 1. The maximum Gasteiger partial charge on any atom is 0.0638 e. The summed E-state index contributed by atoms with van der Waals surface area (Å²) < 4.78 is 3.55. The first kappa shape index (κ1) is 13.6. The molecule has 0 N–H and O–H groups in total. The zero-order valence-corrected chi connectivity index (χ0v) is 14.0. The summed E-state index contributed by atoms with van der Waals surface area (Å²) in [7, 11) is 0. The molecule has 0 saturated carbocycles. The van der Waals surface area contributed by atoms with E-state index in [0.717, 1.165) is 11.0 Å². The van der Waals surface area contributed by atoms with Crippen LogP contribution in [0.15, 0.2) is 71.2 Å². The van der Waals surface area contributed by atoms with Gasteiger partial charge in [0.1, 0.15) is 0 Å². The lowest BCUT2D eigenvalue weighted by atomic mass is 10.1. The molecule has 1 aromatic heterocycles. The van der Waals surface area contributed by atoms with Crippen LogP contribution < -0.4 is 0 Å². The number of para-hydroxylation sites is 2. The van der Waals surface area contributed by atoms with Gasteiger partial charge in [-0.1, -0.05) is 60.2 Å². The summed E-state index contributed by atoms with van der Waals surface area (Å²) in [6.45, 7) is 3.01. The molecule has 0 radical (unpaired) electrons. The quantitative estimate of drug-likeness (QED) is 0.423. The Labute approximate surface area is 138 Å². The molecule has 4 aromatic rings. The highest BCUT2D eigenvalue weighted by Crippen LogP contribution is 2.34. The molecule has 1 heterocycles. The van der Waals surface area contributed by atoms with Gasteiger partial charge in [0.2, 0.25) is 0 Å². The number of hydrogen-bond donors (Lipinski definition) is 0. The monoisotopic (exact) mass is 349 g/mol. The summed E-state index contributed by atoms with van der Waals surface area (Å²) in [5.74, 6) is 0. The Bertz CT molecular complexity index is 964. The maximum atomic E-state index is 3.73. The fourth-order valence-electron chi connectivity index (χ4n) is 3.10. The molecule has 0 bridgehead atoms. The number of halogens is 1. The predicted octanol–water partition coefficient (Wildman–Crippen LogP) is 5.91. The van der Waals surface area contributed by atoms with Gasteiger partial charge in [-0.25, -0.2) is 0 Å². The van der Waals surface area contributed by atoms with Gasteiger partial charge in [-0.15, -0.1) is 0 Å². The fraction of sp³-hybridized carbons (Fsp3) is 0.100. The van der Waals surface area contributed by atoms with Gasteiger partial charge in [-0.3, -0.25) is 0 Å². The molecule has 0 atom stereocenters. The van der Waals surface area contributed by atoms with Crippen LogP contribution in [-0.2, 0) is 6.54 Å². The number of aryl methyl sites for hydroxylation is 1. The van der Waals surface area contributed by atoms with Crippen molar-refractivity contribution in [1.82, 2.24) is 4.57 Å². The molecular formula is C20H16BrN. The Balaban J connectivity index is 1.99. The zero-order chi connectivity index (χ0) is 15.1.